The van der Waals surface area contributed by atoms with Crippen LogP contribution in [0.15, 0.2) is 22.7 Å². The number of carbonyl (C=O) groups excluding carboxylic acids is 1. The Morgan fingerprint density at radius 1 is 1.50 bits per heavy atom. The topological polar surface area (TPSA) is 99.4 Å². The fraction of sp³-hybridized carbons (Fsp3) is 0.182. The van der Waals surface area contributed by atoms with Crippen LogP contribution in [0, 0.1) is 11.3 Å². The number of nitriles is 1. The normalized spacial score (nSPS) is 9.33. The lowest BCUT2D eigenvalue weighted by molar-refractivity contribution is -0.122. The van der Waals surface area contributed by atoms with E-state index in [1.807, 2.05) is 0 Å². The number of carboxylic acids is 1. The summed E-state index contributed by atoms with van der Waals surface area (Å²) in [6, 6.07) is 6.00. The summed E-state index contributed by atoms with van der Waals surface area (Å²) in [6.45, 7) is -0.387. The fourth-order valence-electron chi connectivity index (χ4n) is 1.08. The van der Waals surface area contributed by atoms with Crippen LogP contribution in [0.2, 0.25) is 0 Å². The molecular weight excluding hydrogens is 304 g/mol. The molecule has 94 valence electrons. The molecule has 2 N–H and O–H groups in total. The second-order valence-corrected chi connectivity index (χ2v) is 4.03. The summed E-state index contributed by atoms with van der Waals surface area (Å²) >= 11 is 3.18. The molecule has 0 saturated heterocycles. The van der Waals surface area contributed by atoms with Crippen LogP contribution in [0.4, 0.5) is 0 Å². The van der Waals surface area contributed by atoms with Gasteiger partial charge in [0.2, 0.25) is 0 Å². The third kappa shape index (κ3) is 4.07. The summed E-state index contributed by atoms with van der Waals surface area (Å²) in [6.07, 6.45) is 0. The van der Waals surface area contributed by atoms with E-state index in [1.165, 1.54) is 18.2 Å². The van der Waals surface area contributed by atoms with E-state index in [2.05, 4.69) is 21.2 Å². The largest absolute Gasteiger partial charge is 0.483 e. The van der Waals surface area contributed by atoms with Gasteiger partial charge in [0.15, 0.2) is 6.61 Å². The van der Waals surface area contributed by atoms with Crippen molar-refractivity contribution in [1.82, 2.24) is 5.32 Å². The second kappa shape index (κ2) is 6.61. The van der Waals surface area contributed by atoms with Crippen LogP contribution in [0.25, 0.3) is 0 Å². The number of amides is 1. The van der Waals surface area contributed by atoms with Crippen molar-refractivity contribution in [1.29, 1.82) is 5.26 Å². The SMILES string of the molecule is N#CCNC(=O)COc1cc(C(=O)O)ccc1Br. The van der Waals surface area contributed by atoms with Crippen molar-refractivity contribution in [2.75, 3.05) is 13.2 Å². The molecule has 0 heterocycles. The number of benzene rings is 1. The molecule has 6 nitrogen and oxygen atoms in total. The minimum atomic E-state index is -1.08. The number of rotatable bonds is 5. The van der Waals surface area contributed by atoms with E-state index < -0.39 is 11.9 Å². The average Bonchev–Trinajstić information content (AvgIpc) is 2.35. The molecule has 0 unspecified atom stereocenters. The van der Waals surface area contributed by atoms with Gasteiger partial charge < -0.3 is 15.2 Å². The van der Waals surface area contributed by atoms with Gasteiger partial charge >= 0.3 is 5.97 Å². The van der Waals surface area contributed by atoms with E-state index >= 15 is 0 Å². The van der Waals surface area contributed by atoms with Gasteiger partial charge in [-0.2, -0.15) is 5.26 Å². The first kappa shape index (κ1) is 14.0. The van der Waals surface area contributed by atoms with E-state index in [4.69, 9.17) is 15.1 Å². The third-order valence-corrected chi connectivity index (χ3v) is 2.56. The summed E-state index contributed by atoms with van der Waals surface area (Å²) < 4.78 is 5.70. The Morgan fingerprint density at radius 3 is 2.83 bits per heavy atom. The zero-order chi connectivity index (χ0) is 13.5. The molecular formula is C11H9BrN2O4. The van der Waals surface area contributed by atoms with E-state index in [-0.39, 0.29) is 24.5 Å². The predicted octanol–water partition coefficient (Wildman–Crippen LogP) is 1.17. The number of aromatic carboxylic acids is 1. The predicted molar refractivity (Wildman–Crippen MR) is 65.2 cm³/mol. The molecule has 1 amide bonds. The molecule has 1 rings (SSSR count). The van der Waals surface area contributed by atoms with Gasteiger partial charge in [0.25, 0.3) is 5.91 Å². The Balaban J connectivity index is 2.67. The number of nitrogens with one attached hydrogen (secondary N) is 1. The molecule has 18 heavy (non-hydrogen) atoms. The molecule has 0 atom stereocenters. The van der Waals surface area contributed by atoms with Gasteiger partial charge in [0.1, 0.15) is 12.3 Å². The van der Waals surface area contributed by atoms with Crippen molar-refractivity contribution in [2.24, 2.45) is 0 Å². The second-order valence-electron chi connectivity index (χ2n) is 3.17. The lowest BCUT2D eigenvalue weighted by Gasteiger charge is -2.08. The minimum Gasteiger partial charge on any atom is -0.483 e. The molecule has 1 aromatic carbocycles. The number of carbonyl (C=O) groups is 2. The molecule has 0 bridgehead atoms. The van der Waals surface area contributed by atoms with E-state index in [1.54, 1.807) is 6.07 Å². The Hall–Kier alpha value is -2.07. The highest BCUT2D eigenvalue weighted by molar-refractivity contribution is 9.10. The maximum atomic E-state index is 11.2. The van der Waals surface area contributed by atoms with Crippen LogP contribution in [0.3, 0.4) is 0 Å². The van der Waals surface area contributed by atoms with Crippen molar-refractivity contribution < 1.29 is 19.4 Å². The third-order valence-electron chi connectivity index (χ3n) is 1.90. The van der Waals surface area contributed by atoms with Crippen LogP contribution >= 0.6 is 15.9 Å². The first-order valence-corrected chi connectivity index (χ1v) is 5.63. The molecule has 0 aromatic heterocycles. The smallest absolute Gasteiger partial charge is 0.335 e. The first-order chi connectivity index (χ1) is 8.54. The molecule has 0 spiro atoms. The highest BCUT2D eigenvalue weighted by Crippen LogP contribution is 2.26. The summed E-state index contributed by atoms with van der Waals surface area (Å²) in [7, 11) is 0. The number of halogens is 1. The fourth-order valence-corrected chi connectivity index (χ4v) is 1.44. The van der Waals surface area contributed by atoms with Crippen molar-refractivity contribution in [3.05, 3.63) is 28.2 Å². The van der Waals surface area contributed by atoms with Crippen LogP contribution in [0.1, 0.15) is 10.4 Å². The van der Waals surface area contributed by atoms with E-state index in [0.29, 0.717) is 4.47 Å². The van der Waals surface area contributed by atoms with Crippen LogP contribution in [-0.2, 0) is 4.79 Å². The Kier molecular flexibility index (Phi) is 5.14. The van der Waals surface area contributed by atoms with Crippen molar-refractivity contribution >= 4 is 27.8 Å². The first-order valence-electron chi connectivity index (χ1n) is 4.84. The quantitative estimate of drug-likeness (QED) is 0.795. The van der Waals surface area contributed by atoms with Gasteiger partial charge in [-0.15, -0.1) is 0 Å². The number of ether oxygens (including phenoxy) is 1. The van der Waals surface area contributed by atoms with Gasteiger partial charge in [-0.1, -0.05) is 0 Å². The van der Waals surface area contributed by atoms with Crippen molar-refractivity contribution in [3.8, 4) is 11.8 Å². The molecule has 0 fully saturated rings. The number of carboxylic acid groups (broad SMARTS) is 1. The molecule has 0 radical (unpaired) electrons. The number of hydrogen-bond acceptors (Lipinski definition) is 4. The maximum absolute atomic E-state index is 11.2. The lowest BCUT2D eigenvalue weighted by atomic mass is 10.2. The minimum absolute atomic E-state index is 0.0608. The highest BCUT2D eigenvalue weighted by Gasteiger charge is 2.09. The van der Waals surface area contributed by atoms with Gasteiger partial charge in [0, 0.05) is 0 Å². The van der Waals surface area contributed by atoms with Crippen molar-refractivity contribution in [2.45, 2.75) is 0 Å². The molecule has 1 aromatic rings. The number of nitrogens with zero attached hydrogens (tertiary/aromatic N) is 1. The van der Waals surface area contributed by atoms with Gasteiger partial charge in [-0.25, -0.2) is 4.79 Å². The monoisotopic (exact) mass is 312 g/mol. The summed E-state index contributed by atoms with van der Waals surface area (Å²) in [5.41, 5.74) is 0.0608. The molecule has 0 saturated carbocycles. The van der Waals surface area contributed by atoms with Crippen LogP contribution in [-0.4, -0.2) is 30.1 Å². The molecule has 0 aliphatic rings. The standard InChI is InChI=1S/C11H9BrN2O4/c12-8-2-1-7(11(16)17)5-9(8)18-6-10(15)14-4-3-13/h1-2,5H,4,6H2,(H,14,15)(H,16,17). The van der Waals surface area contributed by atoms with Gasteiger partial charge in [-0.05, 0) is 34.1 Å². The summed E-state index contributed by atoms with van der Waals surface area (Å²) in [5.74, 6) is -1.28. The zero-order valence-corrected chi connectivity index (χ0v) is 10.7. The lowest BCUT2D eigenvalue weighted by Crippen LogP contribution is -2.29. The summed E-state index contributed by atoms with van der Waals surface area (Å²) in [5, 5.41) is 19.4. The van der Waals surface area contributed by atoms with E-state index in [0.717, 1.165) is 0 Å². The molecule has 0 aliphatic carbocycles. The Morgan fingerprint density at radius 2 is 2.22 bits per heavy atom. The summed E-state index contributed by atoms with van der Waals surface area (Å²) in [4.78, 5) is 21.9. The highest BCUT2D eigenvalue weighted by atomic mass is 79.9. The van der Waals surface area contributed by atoms with Gasteiger partial charge in [0.05, 0.1) is 16.1 Å². The van der Waals surface area contributed by atoms with Crippen LogP contribution in [0.5, 0.6) is 5.75 Å². The Labute approximate surface area is 111 Å². The maximum Gasteiger partial charge on any atom is 0.335 e. The van der Waals surface area contributed by atoms with Crippen LogP contribution < -0.4 is 10.1 Å². The van der Waals surface area contributed by atoms with Crippen molar-refractivity contribution in [3.63, 3.8) is 0 Å². The number of hydrogen-bond donors (Lipinski definition) is 2. The Bertz CT molecular complexity index is 510. The van der Waals surface area contributed by atoms with Gasteiger partial charge in [-0.3, -0.25) is 4.79 Å². The molecule has 0 aliphatic heterocycles. The average molecular weight is 313 g/mol. The molecule has 7 heteroatoms. The van der Waals surface area contributed by atoms with E-state index in [9.17, 15) is 9.59 Å². The zero-order valence-electron chi connectivity index (χ0n) is 9.14.